The molecule has 0 bridgehead atoms. The van der Waals surface area contributed by atoms with Gasteiger partial charge < -0.3 is 14.2 Å². The summed E-state index contributed by atoms with van der Waals surface area (Å²) in [6.45, 7) is 20.2. The normalized spacial score (nSPS) is 15.6. The molecule has 1 aliphatic heterocycles. The number of hydrogen-bond donors (Lipinski definition) is 0. The third-order valence-electron chi connectivity index (χ3n) is 7.65. The lowest BCUT2D eigenvalue weighted by atomic mass is 9.87. The number of rotatable bonds is 9. The van der Waals surface area contributed by atoms with Crippen LogP contribution in [-0.2, 0) is 13.0 Å². The fourth-order valence-electron chi connectivity index (χ4n) is 5.58. The number of aromatic nitrogens is 2. The first-order valence-corrected chi connectivity index (χ1v) is 14.0. The zero-order valence-corrected chi connectivity index (χ0v) is 24.7. The number of amides is 1. The Bertz CT molecular complexity index is 1310. The molecule has 0 N–H and O–H groups in total. The van der Waals surface area contributed by atoms with Gasteiger partial charge in [0.05, 0.1) is 25.2 Å². The van der Waals surface area contributed by atoms with Crippen molar-refractivity contribution in [1.82, 2.24) is 19.4 Å². The van der Waals surface area contributed by atoms with Gasteiger partial charge in [0.1, 0.15) is 5.75 Å². The molecule has 2 heterocycles. The Balaban J connectivity index is 1.67. The lowest BCUT2D eigenvalue weighted by Crippen LogP contribution is -2.36. The summed E-state index contributed by atoms with van der Waals surface area (Å²) in [6.07, 6.45) is 3.74. The van der Waals surface area contributed by atoms with E-state index in [-0.39, 0.29) is 17.4 Å². The van der Waals surface area contributed by atoms with Gasteiger partial charge in [-0.25, -0.2) is 4.98 Å². The maximum atomic E-state index is 12.9. The molecule has 1 radical (unpaired) electrons. The van der Waals surface area contributed by atoms with Gasteiger partial charge in [0.2, 0.25) is 0 Å². The van der Waals surface area contributed by atoms with E-state index in [0.29, 0.717) is 13.1 Å². The van der Waals surface area contributed by atoms with Crippen LogP contribution < -0.4 is 4.74 Å². The van der Waals surface area contributed by atoms with Crippen molar-refractivity contribution in [2.24, 2.45) is 5.41 Å². The van der Waals surface area contributed by atoms with Crippen LogP contribution in [0.1, 0.15) is 85.5 Å². The van der Waals surface area contributed by atoms with Crippen molar-refractivity contribution in [2.75, 3.05) is 26.7 Å². The molecule has 1 aliphatic rings. The predicted octanol–water partition coefficient (Wildman–Crippen LogP) is 6.54. The van der Waals surface area contributed by atoms with Gasteiger partial charge in [0.15, 0.2) is 0 Å². The zero-order valence-electron chi connectivity index (χ0n) is 24.7. The number of methoxy groups -OCH3 is 1. The van der Waals surface area contributed by atoms with E-state index < -0.39 is 0 Å². The van der Waals surface area contributed by atoms with Crippen molar-refractivity contribution < 1.29 is 9.53 Å². The highest BCUT2D eigenvalue weighted by molar-refractivity contribution is 5.94. The van der Waals surface area contributed by atoms with Crippen molar-refractivity contribution in [2.45, 2.75) is 67.0 Å². The van der Waals surface area contributed by atoms with Gasteiger partial charge in [-0.3, -0.25) is 9.69 Å². The van der Waals surface area contributed by atoms with Crippen LogP contribution in [0.5, 0.6) is 5.75 Å². The van der Waals surface area contributed by atoms with Gasteiger partial charge in [0, 0.05) is 49.2 Å². The second kappa shape index (κ2) is 11.8. The molecule has 0 fully saturated rings. The number of imidazole rings is 1. The zero-order chi connectivity index (χ0) is 28.3. The van der Waals surface area contributed by atoms with Crippen molar-refractivity contribution in [3.05, 3.63) is 89.0 Å². The number of carbonyl (C=O) groups excluding carboxylic acids is 1. The highest BCUT2D eigenvalue weighted by Gasteiger charge is 2.30. The number of benzene rings is 2. The minimum absolute atomic E-state index is 0.0239. The van der Waals surface area contributed by atoms with Crippen LogP contribution in [-0.4, -0.2) is 52.0 Å². The fourth-order valence-corrected chi connectivity index (χ4v) is 5.58. The van der Waals surface area contributed by atoms with Gasteiger partial charge in [-0.15, -0.1) is 0 Å². The van der Waals surface area contributed by atoms with Crippen molar-refractivity contribution in [3.63, 3.8) is 0 Å². The Hall–Kier alpha value is -3.38. The van der Waals surface area contributed by atoms with E-state index in [0.717, 1.165) is 59.9 Å². The van der Waals surface area contributed by atoms with Crippen LogP contribution in [0.25, 0.3) is 5.70 Å². The molecule has 0 saturated heterocycles. The van der Waals surface area contributed by atoms with Crippen LogP contribution in [0, 0.1) is 18.4 Å². The van der Waals surface area contributed by atoms with Crippen LogP contribution in [0.3, 0.4) is 0 Å². The molecular weight excluding hydrogens is 484 g/mol. The Labute approximate surface area is 234 Å². The third-order valence-corrected chi connectivity index (χ3v) is 7.65. The highest BCUT2D eigenvalue weighted by atomic mass is 16.5. The third kappa shape index (κ3) is 6.27. The van der Waals surface area contributed by atoms with Crippen molar-refractivity contribution >= 4 is 11.6 Å². The summed E-state index contributed by atoms with van der Waals surface area (Å²) in [5.74, 6) is 0.829. The van der Waals surface area contributed by atoms with Crippen molar-refractivity contribution in [1.29, 1.82) is 0 Å². The summed E-state index contributed by atoms with van der Waals surface area (Å²) in [5, 5.41) is 0. The second-order valence-electron chi connectivity index (χ2n) is 11.7. The lowest BCUT2D eigenvalue weighted by molar-refractivity contribution is 0.0773. The van der Waals surface area contributed by atoms with E-state index in [1.54, 1.807) is 7.11 Å². The molecule has 4 rings (SSSR count). The molecule has 0 aliphatic carbocycles. The van der Waals surface area contributed by atoms with Crippen LogP contribution in [0.2, 0.25) is 0 Å². The average Bonchev–Trinajstić information content (AvgIpc) is 3.28. The van der Waals surface area contributed by atoms with Gasteiger partial charge in [-0.05, 0) is 80.0 Å². The predicted molar refractivity (Wildman–Crippen MR) is 158 cm³/mol. The van der Waals surface area contributed by atoms with E-state index in [2.05, 4.69) is 74.1 Å². The molecule has 0 spiro atoms. The number of ether oxygens (including phenoxy) is 1. The summed E-state index contributed by atoms with van der Waals surface area (Å²) in [5.41, 5.74) is 7.79. The molecule has 6 nitrogen and oxygen atoms in total. The molecule has 1 amide bonds. The van der Waals surface area contributed by atoms with Crippen LogP contribution >= 0.6 is 0 Å². The molecule has 3 aromatic rings. The van der Waals surface area contributed by atoms with E-state index in [1.807, 2.05) is 37.2 Å². The Kier molecular flexibility index (Phi) is 8.65. The standard InChI is InChI=1S/C33H43N4O2/c1-9-35(10-2)32(38)26-13-11-25(12-14-26)31-29-16-15-28(39-8)19-27(29)17-18-36(31)21-30-24(4)37(22-34-30)23(3)20-33(5,6)7/h11-14,16,19,22,31H,3,9-10,17-18,20-21H2,1-2,4-8H3. The minimum atomic E-state index is 0.0239. The van der Waals surface area contributed by atoms with Gasteiger partial charge in [0.25, 0.3) is 5.91 Å². The van der Waals surface area contributed by atoms with Gasteiger partial charge in [-0.2, -0.15) is 0 Å². The molecule has 0 saturated carbocycles. The Morgan fingerprint density at radius 1 is 1.21 bits per heavy atom. The van der Waals surface area contributed by atoms with E-state index in [4.69, 9.17) is 9.72 Å². The Morgan fingerprint density at radius 3 is 2.51 bits per heavy atom. The molecule has 6 heteroatoms. The second-order valence-corrected chi connectivity index (χ2v) is 11.7. The maximum Gasteiger partial charge on any atom is 0.253 e. The average molecular weight is 528 g/mol. The first-order valence-electron chi connectivity index (χ1n) is 14.0. The largest absolute Gasteiger partial charge is 0.496 e. The number of nitrogens with zero attached hydrogens (tertiary/aromatic N) is 4. The van der Waals surface area contributed by atoms with Crippen LogP contribution in [0.4, 0.5) is 0 Å². The van der Waals surface area contributed by atoms with Crippen molar-refractivity contribution in [3.8, 4) is 5.75 Å². The van der Waals surface area contributed by atoms with E-state index in [9.17, 15) is 4.79 Å². The summed E-state index contributed by atoms with van der Waals surface area (Å²) in [4.78, 5) is 22.1. The van der Waals surface area contributed by atoms with Crippen LogP contribution in [0.15, 0.2) is 49.3 Å². The summed E-state index contributed by atoms with van der Waals surface area (Å²) in [6, 6.07) is 15.6. The smallest absolute Gasteiger partial charge is 0.253 e. The fraction of sp³-hybridized carbons (Fsp3) is 0.455. The number of hydrogen-bond acceptors (Lipinski definition) is 4. The van der Waals surface area contributed by atoms with E-state index >= 15 is 0 Å². The molecule has 1 unspecified atom stereocenters. The molecule has 1 atom stereocenters. The molecule has 39 heavy (non-hydrogen) atoms. The Morgan fingerprint density at radius 2 is 1.90 bits per heavy atom. The topological polar surface area (TPSA) is 50.6 Å². The highest BCUT2D eigenvalue weighted by Crippen LogP contribution is 2.38. The quantitative estimate of drug-likeness (QED) is 0.317. The van der Waals surface area contributed by atoms with Gasteiger partial charge in [-0.1, -0.05) is 39.5 Å². The SMILES string of the molecule is C=C(CC(C)(C)C)n1cnc(CN2CCc3cc(OC)[c]cc3C2c2ccc(C(=O)N(CC)CC)cc2)c1C. The number of allylic oxidation sites excluding steroid dienone is 1. The first kappa shape index (κ1) is 28.6. The lowest BCUT2D eigenvalue weighted by Gasteiger charge is -2.37. The molecule has 207 valence electrons. The number of carbonyl (C=O) groups is 1. The minimum Gasteiger partial charge on any atom is -0.496 e. The molecule has 2 aromatic carbocycles. The summed E-state index contributed by atoms with van der Waals surface area (Å²) >= 11 is 0. The number of fused-ring (bicyclic) bond motifs is 1. The monoisotopic (exact) mass is 527 g/mol. The first-order chi connectivity index (χ1) is 18.6. The van der Waals surface area contributed by atoms with E-state index in [1.165, 1.54) is 11.1 Å². The maximum absolute atomic E-state index is 12.9. The molecule has 1 aromatic heterocycles. The molecular formula is C33H43N4O2. The summed E-state index contributed by atoms with van der Waals surface area (Å²) < 4.78 is 7.61. The summed E-state index contributed by atoms with van der Waals surface area (Å²) in [7, 11) is 1.68. The van der Waals surface area contributed by atoms with Gasteiger partial charge >= 0.3 is 0 Å².